The van der Waals surface area contributed by atoms with Crippen LogP contribution in [0, 0.1) is 0 Å². The Morgan fingerprint density at radius 3 is 1.66 bits per heavy atom. The summed E-state index contributed by atoms with van der Waals surface area (Å²) in [6, 6.07) is 0. The van der Waals surface area contributed by atoms with E-state index >= 15 is 0 Å². The Balaban J connectivity index is 1.37. The third-order valence-corrected chi connectivity index (χ3v) is 6.98. The molecule has 17 nitrogen and oxygen atoms in total. The molecule has 17 atom stereocenters. The summed E-state index contributed by atoms with van der Waals surface area (Å²) < 4.78 is 37.5. The molecule has 4 aliphatic heterocycles. The van der Waals surface area contributed by atoms with Crippen molar-refractivity contribution in [1.29, 1.82) is 0 Å². The lowest BCUT2D eigenvalue weighted by Gasteiger charge is -2.46. The summed E-state index contributed by atoms with van der Waals surface area (Å²) in [4.78, 5) is 0. The Kier molecular flexibility index (Phi) is 9.92. The molecule has 4 fully saturated rings. The molecule has 4 aliphatic rings. The average molecular weight is 561 g/mol. The van der Waals surface area contributed by atoms with Crippen molar-refractivity contribution in [2.75, 3.05) is 19.8 Å². The van der Waals surface area contributed by atoms with Crippen LogP contribution in [0.4, 0.5) is 0 Å². The van der Waals surface area contributed by atoms with Crippen molar-refractivity contribution in [3.8, 4) is 0 Å². The molecule has 0 bridgehead atoms. The van der Waals surface area contributed by atoms with Gasteiger partial charge in [0, 0.05) is 0 Å². The summed E-state index contributed by atoms with van der Waals surface area (Å²) in [5, 5.41) is 102. The minimum Gasteiger partial charge on any atom is -0.388 e. The molecule has 4 saturated heterocycles. The molecule has 222 valence electrons. The lowest BCUT2D eigenvalue weighted by atomic mass is 9.98. The van der Waals surface area contributed by atoms with Gasteiger partial charge in [-0.1, -0.05) is 0 Å². The molecular formula is C21H36O17. The molecule has 0 aromatic carbocycles. The molecule has 0 aromatic heterocycles. The van der Waals surface area contributed by atoms with Crippen molar-refractivity contribution >= 4 is 0 Å². The van der Waals surface area contributed by atoms with Gasteiger partial charge in [-0.05, 0) is 6.92 Å². The maximum atomic E-state index is 10.8. The predicted molar refractivity (Wildman–Crippen MR) is 114 cm³/mol. The van der Waals surface area contributed by atoms with Crippen molar-refractivity contribution in [2.24, 2.45) is 0 Å². The number of hydrogen-bond donors (Lipinski definition) is 10. The van der Waals surface area contributed by atoms with E-state index in [4.69, 9.17) is 33.2 Å². The van der Waals surface area contributed by atoms with Crippen molar-refractivity contribution in [2.45, 2.75) is 111 Å². The van der Waals surface area contributed by atoms with Crippen LogP contribution in [0.2, 0.25) is 0 Å². The van der Waals surface area contributed by atoms with Crippen LogP contribution in [0.5, 0.6) is 0 Å². The molecule has 0 unspecified atom stereocenters. The van der Waals surface area contributed by atoms with Crippen molar-refractivity contribution in [3.63, 3.8) is 0 Å². The zero-order valence-electron chi connectivity index (χ0n) is 20.3. The first-order valence-corrected chi connectivity index (χ1v) is 12.2. The maximum Gasteiger partial charge on any atom is 0.187 e. The first kappa shape index (κ1) is 30.3. The van der Waals surface area contributed by atoms with Gasteiger partial charge in [-0.15, -0.1) is 0 Å². The Morgan fingerprint density at radius 1 is 0.474 bits per heavy atom. The minimum atomic E-state index is -1.79. The van der Waals surface area contributed by atoms with Crippen LogP contribution in [0.1, 0.15) is 6.92 Å². The van der Waals surface area contributed by atoms with Crippen LogP contribution in [0.25, 0.3) is 0 Å². The summed E-state index contributed by atoms with van der Waals surface area (Å²) in [6.07, 6.45) is -25.7. The second-order valence-electron chi connectivity index (χ2n) is 9.78. The SMILES string of the molecule is C[C@@H]1O[C@@H](O[C@@H]2[C@@H](O)[C@@H](O)CO[C@H]2O)[C@H](O)[C@H](O)[C@H]1O[C@@H]1OC[C@@H](O)[C@H](O[C@@H]2OC[C@@H](O)[C@H](O)[C@H]2O)[C@H]1O. The molecule has 4 heterocycles. The molecule has 4 rings (SSSR count). The van der Waals surface area contributed by atoms with Gasteiger partial charge in [-0.3, -0.25) is 0 Å². The normalized spacial score (nSPS) is 54.6. The van der Waals surface area contributed by atoms with E-state index in [1.807, 2.05) is 0 Å². The van der Waals surface area contributed by atoms with Crippen LogP contribution >= 0.6 is 0 Å². The van der Waals surface area contributed by atoms with Crippen molar-refractivity contribution in [1.82, 2.24) is 0 Å². The molecule has 0 spiro atoms. The highest BCUT2D eigenvalue weighted by Gasteiger charge is 2.51. The molecule has 0 radical (unpaired) electrons. The van der Waals surface area contributed by atoms with Gasteiger partial charge in [-0.2, -0.15) is 0 Å². The largest absolute Gasteiger partial charge is 0.388 e. The van der Waals surface area contributed by atoms with E-state index in [1.54, 1.807) is 0 Å². The second kappa shape index (κ2) is 12.5. The average Bonchev–Trinajstić information content (AvgIpc) is 2.88. The number of hydrogen-bond acceptors (Lipinski definition) is 17. The standard InChI is InChI=1S/C21H36O17/c1-5-15(11(27)13(29)21(35-5)38-17-10(26)7(23)2-32-18(17)31)36-20-14(30)16(8(24)4-34-20)37-19-12(28)9(25)6(22)3-33-19/h5-31H,2-4H2,1H3/t5-,6+,7-,8+,9-,10-,11-,12+,13+,14+,15-,16-,17+,18+,19-,20-,21-/m0/s1. The number of rotatable bonds is 6. The fourth-order valence-electron chi connectivity index (χ4n) is 4.66. The predicted octanol–water partition coefficient (Wildman–Crippen LogP) is -6.80. The van der Waals surface area contributed by atoms with Crippen molar-refractivity contribution < 1.29 is 84.2 Å². The highest BCUT2D eigenvalue weighted by molar-refractivity contribution is 4.94. The number of aliphatic hydroxyl groups is 10. The first-order chi connectivity index (χ1) is 17.9. The van der Waals surface area contributed by atoms with E-state index in [0.717, 1.165) is 0 Å². The van der Waals surface area contributed by atoms with Gasteiger partial charge in [0.25, 0.3) is 0 Å². The smallest absolute Gasteiger partial charge is 0.187 e. The van der Waals surface area contributed by atoms with Gasteiger partial charge in [0.05, 0.1) is 25.9 Å². The van der Waals surface area contributed by atoms with E-state index in [9.17, 15) is 51.1 Å². The van der Waals surface area contributed by atoms with E-state index < -0.39 is 111 Å². The van der Waals surface area contributed by atoms with Crippen molar-refractivity contribution in [3.05, 3.63) is 0 Å². The van der Waals surface area contributed by atoms with Crippen LogP contribution in [-0.2, 0) is 33.2 Å². The lowest BCUT2D eigenvalue weighted by molar-refractivity contribution is -0.374. The fourth-order valence-corrected chi connectivity index (χ4v) is 4.66. The second-order valence-corrected chi connectivity index (χ2v) is 9.78. The van der Waals surface area contributed by atoms with E-state index in [1.165, 1.54) is 6.92 Å². The van der Waals surface area contributed by atoms with Gasteiger partial charge in [0.1, 0.15) is 73.2 Å². The Hall–Kier alpha value is -0.680. The molecule has 0 aromatic rings. The highest BCUT2D eigenvalue weighted by atomic mass is 16.8. The Labute approximate surface area is 216 Å². The van der Waals surface area contributed by atoms with E-state index in [-0.39, 0.29) is 13.2 Å². The van der Waals surface area contributed by atoms with E-state index in [0.29, 0.717) is 0 Å². The first-order valence-electron chi connectivity index (χ1n) is 12.2. The highest BCUT2D eigenvalue weighted by Crippen LogP contribution is 2.31. The van der Waals surface area contributed by atoms with Crippen LogP contribution in [0.3, 0.4) is 0 Å². The maximum absolute atomic E-state index is 10.8. The third-order valence-electron chi connectivity index (χ3n) is 6.98. The van der Waals surface area contributed by atoms with E-state index in [2.05, 4.69) is 0 Å². The van der Waals surface area contributed by atoms with Crippen LogP contribution < -0.4 is 0 Å². The molecule has 10 N–H and O–H groups in total. The Bertz CT molecular complexity index is 761. The Morgan fingerprint density at radius 2 is 0.974 bits per heavy atom. The van der Waals surface area contributed by atoms with Gasteiger partial charge < -0.3 is 84.2 Å². The third kappa shape index (κ3) is 6.14. The van der Waals surface area contributed by atoms with Gasteiger partial charge in [0.15, 0.2) is 25.2 Å². The molecular weight excluding hydrogens is 524 g/mol. The molecule has 0 saturated carbocycles. The summed E-state index contributed by atoms with van der Waals surface area (Å²) in [5.41, 5.74) is 0. The summed E-state index contributed by atoms with van der Waals surface area (Å²) >= 11 is 0. The van der Waals surface area contributed by atoms with Crippen LogP contribution in [0.15, 0.2) is 0 Å². The monoisotopic (exact) mass is 560 g/mol. The zero-order valence-corrected chi connectivity index (χ0v) is 20.3. The number of ether oxygens (including phenoxy) is 7. The topological polar surface area (TPSA) is 267 Å². The molecule has 0 amide bonds. The molecule has 0 aliphatic carbocycles. The minimum absolute atomic E-state index is 0.345. The van der Waals surface area contributed by atoms with Gasteiger partial charge >= 0.3 is 0 Å². The zero-order chi connectivity index (χ0) is 27.9. The quantitative estimate of drug-likeness (QED) is 0.145. The summed E-state index contributed by atoms with van der Waals surface area (Å²) in [6.45, 7) is 0.309. The van der Waals surface area contributed by atoms with Gasteiger partial charge in [0.2, 0.25) is 0 Å². The lowest BCUT2D eigenvalue weighted by Crippen LogP contribution is -2.64. The molecule has 38 heavy (non-hydrogen) atoms. The number of aliphatic hydroxyl groups excluding tert-OH is 10. The summed E-state index contributed by atoms with van der Waals surface area (Å²) in [7, 11) is 0. The molecule has 17 heteroatoms. The summed E-state index contributed by atoms with van der Waals surface area (Å²) in [5.74, 6) is 0. The fraction of sp³-hybridized carbons (Fsp3) is 1.00. The van der Waals surface area contributed by atoms with Crippen LogP contribution in [-0.4, -0.2) is 175 Å². The van der Waals surface area contributed by atoms with Gasteiger partial charge in [-0.25, -0.2) is 0 Å².